The van der Waals surface area contributed by atoms with Gasteiger partial charge < -0.3 is 25.4 Å². The summed E-state index contributed by atoms with van der Waals surface area (Å²) in [6, 6.07) is 0.957. The second-order valence-electron chi connectivity index (χ2n) is 7.65. The van der Waals surface area contributed by atoms with Crippen molar-refractivity contribution in [2.24, 2.45) is 11.7 Å². The van der Waals surface area contributed by atoms with Crippen molar-refractivity contribution in [3.63, 3.8) is 0 Å². The quantitative estimate of drug-likeness (QED) is 0.699. The van der Waals surface area contributed by atoms with E-state index in [1.54, 1.807) is 9.47 Å². The number of hydrogen-bond acceptors (Lipinski definition) is 6. The standard InChI is InChI=1S/C19H23FN4O4/c20-14-7-12-16(26)13(19(27)28)8-24(11-1-2-11)17(12)22-18(14)23-5-3-10(4-6-25)15(21)9-23/h7-8,10-11,15,25H,1-6,9,21H2,(H,27,28)/t10-,15+/m1/s1. The summed E-state index contributed by atoms with van der Waals surface area (Å²) in [5, 5.41) is 18.4. The van der Waals surface area contributed by atoms with Gasteiger partial charge in [-0.2, -0.15) is 0 Å². The third-order valence-electron chi connectivity index (χ3n) is 5.72. The Morgan fingerprint density at radius 1 is 1.36 bits per heavy atom. The zero-order chi connectivity index (χ0) is 20.0. The van der Waals surface area contributed by atoms with E-state index in [1.165, 1.54) is 6.20 Å². The zero-order valence-corrected chi connectivity index (χ0v) is 15.3. The lowest BCUT2D eigenvalue weighted by atomic mass is 9.89. The SMILES string of the molecule is N[C@H]1CN(c2nc3c(cc2F)c(=O)c(C(=O)O)cn3C2CC2)CC[C@@H]1CCO. The Kier molecular flexibility index (Phi) is 4.80. The van der Waals surface area contributed by atoms with E-state index in [0.29, 0.717) is 31.6 Å². The number of carboxylic acid groups (broad SMARTS) is 1. The van der Waals surface area contributed by atoms with Gasteiger partial charge in [-0.3, -0.25) is 4.79 Å². The van der Waals surface area contributed by atoms with E-state index in [9.17, 15) is 19.1 Å². The van der Waals surface area contributed by atoms with Crippen LogP contribution in [0.1, 0.15) is 42.1 Å². The first-order chi connectivity index (χ1) is 13.4. The molecule has 0 aromatic carbocycles. The molecule has 3 heterocycles. The lowest BCUT2D eigenvalue weighted by Gasteiger charge is -2.37. The van der Waals surface area contributed by atoms with Gasteiger partial charge in [0.1, 0.15) is 11.2 Å². The first kappa shape index (κ1) is 18.8. The number of carbonyl (C=O) groups is 1. The molecular weight excluding hydrogens is 367 g/mol. The molecule has 4 N–H and O–H groups in total. The molecule has 0 unspecified atom stereocenters. The summed E-state index contributed by atoms with van der Waals surface area (Å²) in [5.41, 5.74) is 5.40. The number of piperidine rings is 1. The van der Waals surface area contributed by atoms with E-state index in [4.69, 9.17) is 10.8 Å². The summed E-state index contributed by atoms with van der Waals surface area (Å²) in [6.45, 7) is 1.02. The molecule has 0 radical (unpaired) electrons. The van der Waals surface area contributed by atoms with Crippen LogP contribution in [-0.2, 0) is 0 Å². The van der Waals surface area contributed by atoms with Crippen molar-refractivity contribution in [3.05, 3.63) is 33.9 Å². The molecule has 0 spiro atoms. The Balaban J connectivity index is 1.78. The van der Waals surface area contributed by atoms with Crippen molar-refractivity contribution >= 4 is 22.8 Å². The molecule has 8 nitrogen and oxygen atoms in total. The fraction of sp³-hybridized carbons (Fsp3) is 0.526. The number of carboxylic acids is 1. The average Bonchev–Trinajstić information content (AvgIpc) is 3.49. The van der Waals surface area contributed by atoms with Gasteiger partial charge in [0.15, 0.2) is 11.6 Å². The molecule has 2 aromatic rings. The summed E-state index contributed by atoms with van der Waals surface area (Å²) in [5.74, 6) is -1.69. The first-order valence-electron chi connectivity index (χ1n) is 9.50. The van der Waals surface area contributed by atoms with Gasteiger partial charge in [0.25, 0.3) is 0 Å². The Morgan fingerprint density at radius 3 is 2.71 bits per heavy atom. The highest BCUT2D eigenvalue weighted by Gasteiger charge is 2.31. The van der Waals surface area contributed by atoms with Crippen molar-refractivity contribution in [2.75, 3.05) is 24.6 Å². The number of aliphatic hydroxyl groups is 1. The van der Waals surface area contributed by atoms with Crippen molar-refractivity contribution in [2.45, 2.75) is 37.8 Å². The highest BCUT2D eigenvalue weighted by Crippen LogP contribution is 2.37. The number of hydrogen-bond donors (Lipinski definition) is 3. The topological polar surface area (TPSA) is 122 Å². The second kappa shape index (κ2) is 7.14. The van der Waals surface area contributed by atoms with Gasteiger partial charge in [0.05, 0.1) is 5.39 Å². The number of fused-ring (bicyclic) bond motifs is 1. The fourth-order valence-electron chi connectivity index (χ4n) is 3.99. The van der Waals surface area contributed by atoms with Crippen molar-refractivity contribution in [3.8, 4) is 0 Å². The maximum Gasteiger partial charge on any atom is 0.341 e. The van der Waals surface area contributed by atoms with Crippen LogP contribution >= 0.6 is 0 Å². The molecule has 2 atom stereocenters. The van der Waals surface area contributed by atoms with Crippen LogP contribution < -0.4 is 16.1 Å². The lowest BCUT2D eigenvalue weighted by Crippen LogP contribution is -2.49. The number of nitrogens with two attached hydrogens (primary N) is 1. The Labute approximate surface area is 160 Å². The zero-order valence-electron chi connectivity index (χ0n) is 15.3. The van der Waals surface area contributed by atoms with Crippen LogP contribution in [0.15, 0.2) is 17.1 Å². The smallest absolute Gasteiger partial charge is 0.341 e. The molecule has 2 aliphatic rings. The van der Waals surface area contributed by atoms with E-state index >= 15 is 0 Å². The molecule has 1 aliphatic heterocycles. The van der Waals surface area contributed by atoms with Crippen LogP contribution in [0.3, 0.4) is 0 Å². The summed E-state index contributed by atoms with van der Waals surface area (Å²) < 4.78 is 16.5. The highest BCUT2D eigenvalue weighted by molar-refractivity contribution is 5.92. The minimum Gasteiger partial charge on any atom is -0.477 e. The molecule has 4 rings (SSSR count). The van der Waals surface area contributed by atoms with Crippen LogP contribution in [0.4, 0.5) is 10.2 Å². The minimum atomic E-state index is -1.33. The van der Waals surface area contributed by atoms with Gasteiger partial charge in [0.2, 0.25) is 5.43 Å². The maximum absolute atomic E-state index is 14.9. The number of nitrogens with zero attached hydrogens (tertiary/aromatic N) is 3. The van der Waals surface area contributed by atoms with Gasteiger partial charge in [-0.25, -0.2) is 14.2 Å². The predicted octanol–water partition coefficient (Wildman–Crippen LogP) is 1.10. The van der Waals surface area contributed by atoms with Gasteiger partial charge >= 0.3 is 5.97 Å². The molecule has 1 saturated carbocycles. The number of pyridine rings is 2. The number of aromatic nitrogens is 2. The number of anilines is 1. The maximum atomic E-state index is 14.9. The molecule has 0 bridgehead atoms. The van der Waals surface area contributed by atoms with Crippen LogP contribution in [0.2, 0.25) is 0 Å². The molecule has 28 heavy (non-hydrogen) atoms. The van der Waals surface area contributed by atoms with Crippen molar-refractivity contribution in [1.82, 2.24) is 9.55 Å². The lowest BCUT2D eigenvalue weighted by molar-refractivity contribution is 0.0695. The minimum absolute atomic E-state index is 0.0208. The Hall–Kier alpha value is -2.52. The van der Waals surface area contributed by atoms with E-state index in [2.05, 4.69) is 4.98 Å². The summed E-state index contributed by atoms with van der Waals surface area (Å²) in [4.78, 5) is 30.1. The van der Waals surface area contributed by atoms with E-state index in [1.807, 2.05) is 0 Å². The second-order valence-corrected chi connectivity index (χ2v) is 7.65. The summed E-state index contributed by atoms with van der Waals surface area (Å²) in [7, 11) is 0. The van der Waals surface area contributed by atoms with Gasteiger partial charge in [-0.15, -0.1) is 0 Å². The van der Waals surface area contributed by atoms with E-state index < -0.39 is 17.2 Å². The highest BCUT2D eigenvalue weighted by atomic mass is 19.1. The van der Waals surface area contributed by atoms with Crippen LogP contribution in [0.5, 0.6) is 0 Å². The third kappa shape index (κ3) is 3.24. The molecular formula is C19H23FN4O4. The summed E-state index contributed by atoms with van der Waals surface area (Å²) in [6.07, 6.45) is 4.38. The van der Waals surface area contributed by atoms with E-state index in [0.717, 1.165) is 18.9 Å². The molecule has 1 saturated heterocycles. The molecule has 150 valence electrons. The Bertz CT molecular complexity index is 988. The average molecular weight is 390 g/mol. The molecule has 2 aromatic heterocycles. The number of rotatable bonds is 5. The molecule has 9 heteroatoms. The number of aliphatic hydroxyl groups excluding tert-OH is 1. The predicted molar refractivity (Wildman–Crippen MR) is 101 cm³/mol. The van der Waals surface area contributed by atoms with Gasteiger partial charge in [-0.1, -0.05) is 0 Å². The Morgan fingerprint density at radius 2 is 2.11 bits per heavy atom. The molecule has 0 amide bonds. The van der Waals surface area contributed by atoms with Crippen molar-refractivity contribution < 1.29 is 19.4 Å². The van der Waals surface area contributed by atoms with Gasteiger partial charge in [-0.05, 0) is 37.7 Å². The number of halogens is 1. The van der Waals surface area contributed by atoms with E-state index in [-0.39, 0.29) is 41.4 Å². The third-order valence-corrected chi connectivity index (χ3v) is 5.72. The fourth-order valence-corrected chi connectivity index (χ4v) is 3.99. The first-order valence-corrected chi connectivity index (χ1v) is 9.50. The summed E-state index contributed by atoms with van der Waals surface area (Å²) >= 11 is 0. The number of aromatic carboxylic acids is 1. The monoisotopic (exact) mass is 390 g/mol. The molecule has 2 fully saturated rings. The normalized spacial score (nSPS) is 22.6. The van der Waals surface area contributed by atoms with Crippen molar-refractivity contribution in [1.29, 1.82) is 0 Å². The largest absolute Gasteiger partial charge is 0.477 e. The molecule has 1 aliphatic carbocycles. The van der Waals surface area contributed by atoms with Gasteiger partial charge in [0, 0.05) is 38.0 Å². The van der Waals surface area contributed by atoms with Crippen LogP contribution in [-0.4, -0.2) is 51.5 Å². The van der Waals surface area contributed by atoms with Crippen LogP contribution in [0.25, 0.3) is 11.0 Å². The van der Waals surface area contributed by atoms with Crippen LogP contribution in [0, 0.1) is 11.7 Å².